The second-order valence-corrected chi connectivity index (χ2v) is 7.64. The highest BCUT2D eigenvalue weighted by Crippen LogP contribution is 2.22. The average molecular weight is 416 g/mol. The van der Waals surface area contributed by atoms with Crippen LogP contribution in [0.25, 0.3) is 0 Å². The van der Waals surface area contributed by atoms with Crippen molar-refractivity contribution in [1.29, 1.82) is 5.26 Å². The molecule has 8 nitrogen and oxygen atoms in total. The van der Waals surface area contributed by atoms with E-state index in [-0.39, 0.29) is 22.8 Å². The van der Waals surface area contributed by atoms with E-state index in [2.05, 4.69) is 4.72 Å². The van der Waals surface area contributed by atoms with Crippen LogP contribution in [0.5, 0.6) is 5.75 Å². The first-order valence-electron chi connectivity index (χ1n) is 8.69. The number of nitrogens with zero attached hydrogens (tertiary/aromatic N) is 1. The topological polar surface area (TPSA) is 123 Å². The molecule has 2 rings (SSSR count). The molecule has 152 valence electrons. The Bertz CT molecular complexity index is 1060. The van der Waals surface area contributed by atoms with Crippen molar-refractivity contribution >= 4 is 21.8 Å². The molecule has 0 aliphatic carbocycles. The Balaban J connectivity index is 2.04. The normalized spacial score (nSPS) is 10.8. The number of carbonyl (C=O) groups is 2. The van der Waals surface area contributed by atoms with Crippen molar-refractivity contribution in [3.05, 3.63) is 59.2 Å². The summed E-state index contributed by atoms with van der Waals surface area (Å²) < 4.78 is 37.3. The molecule has 2 aromatic carbocycles. The van der Waals surface area contributed by atoms with Gasteiger partial charge in [0, 0.05) is 11.1 Å². The van der Waals surface area contributed by atoms with Crippen molar-refractivity contribution in [3.63, 3.8) is 0 Å². The molecular weight excluding hydrogens is 396 g/mol. The second kappa shape index (κ2) is 9.82. The number of carbonyl (C=O) groups excluding carboxylic acids is 2. The lowest BCUT2D eigenvalue weighted by atomic mass is 10.1. The Morgan fingerprint density at radius 2 is 1.90 bits per heavy atom. The minimum absolute atomic E-state index is 0.0317. The van der Waals surface area contributed by atoms with Crippen molar-refractivity contribution in [2.75, 3.05) is 13.2 Å². The molecule has 0 spiro atoms. The molecule has 0 fully saturated rings. The van der Waals surface area contributed by atoms with Gasteiger partial charge in [0.05, 0.1) is 17.1 Å². The van der Waals surface area contributed by atoms with Crippen LogP contribution in [0.1, 0.15) is 35.3 Å². The number of Topliss-reactive ketones (excluding diaryl/α,β-unsaturated/α-hetero) is 1. The van der Waals surface area contributed by atoms with Crippen LogP contribution in [-0.2, 0) is 26.2 Å². The van der Waals surface area contributed by atoms with Gasteiger partial charge < -0.3 is 9.47 Å². The van der Waals surface area contributed by atoms with E-state index >= 15 is 0 Å². The van der Waals surface area contributed by atoms with Crippen molar-refractivity contribution in [2.45, 2.75) is 25.3 Å². The molecule has 0 heterocycles. The van der Waals surface area contributed by atoms with Crippen molar-refractivity contribution in [3.8, 4) is 11.8 Å². The summed E-state index contributed by atoms with van der Waals surface area (Å²) >= 11 is 0. The molecule has 0 saturated carbocycles. The van der Waals surface area contributed by atoms with E-state index in [0.29, 0.717) is 23.5 Å². The standard InChI is InChI=1S/C20H20N2O6S/c1-3-27-18-9-8-15(14(2)23)10-17(18)13-28-20(24)12-22-29(25,26)19-7-5-4-6-16(19)11-21/h4-10,22H,3,12-13H2,1-2H3. The predicted octanol–water partition coefficient (Wildman–Crippen LogP) is 2.18. The van der Waals surface area contributed by atoms with Gasteiger partial charge in [-0.2, -0.15) is 9.98 Å². The number of hydrogen-bond donors (Lipinski definition) is 1. The highest BCUT2D eigenvalue weighted by Gasteiger charge is 2.20. The molecule has 0 aliphatic heterocycles. The van der Waals surface area contributed by atoms with Crippen LogP contribution in [0, 0.1) is 11.3 Å². The summed E-state index contributed by atoms with van der Waals surface area (Å²) in [5.41, 5.74) is 0.898. The number of nitriles is 1. The number of ketones is 1. The Labute approximate surface area is 169 Å². The fraction of sp³-hybridized carbons (Fsp3) is 0.250. The SMILES string of the molecule is CCOc1ccc(C(C)=O)cc1COC(=O)CNS(=O)(=O)c1ccccc1C#N. The van der Waals surface area contributed by atoms with Crippen LogP contribution in [0.15, 0.2) is 47.4 Å². The molecule has 9 heteroatoms. The van der Waals surface area contributed by atoms with E-state index < -0.39 is 22.5 Å². The average Bonchev–Trinajstić information content (AvgIpc) is 2.71. The lowest BCUT2D eigenvalue weighted by molar-refractivity contribution is -0.143. The first-order chi connectivity index (χ1) is 13.8. The van der Waals surface area contributed by atoms with Gasteiger partial charge in [0.25, 0.3) is 0 Å². The van der Waals surface area contributed by atoms with E-state index in [0.717, 1.165) is 0 Å². The number of nitrogens with one attached hydrogen (secondary N) is 1. The number of rotatable bonds is 9. The van der Waals surface area contributed by atoms with Crippen LogP contribution in [-0.4, -0.2) is 33.3 Å². The maximum atomic E-state index is 12.3. The van der Waals surface area contributed by atoms with Gasteiger partial charge in [-0.15, -0.1) is 0 Å². The highest BCUT2D eigenvalue weighted by molar-refractivity contribution is 7.89. The van der Waals surface area contributed by atoms with Gasteiger partial charge in [0.15, 0.2) is 5.78 Å². The molecular formula is C20H20N2O6S. The highest BCUT2D eigenvalue weighted by atomic mass is 32.2. The molecule has 0 aromatic heterocycles. The maximum absolute atomic E-state index is 12.3. The number of sulfonamides is 1. The maximum Gasteiger partial charge on any atom is 0.321 e. The summed E-state index contributed by atoms with van der Waals surface area (Å²) in [5, 5.41) is 9.03. The van der Waals surface area contributed by atoms with Crippen LogP contribution in [0.4, 0.5) is 0 Å². The first-order valence-corrected chi connectivity index (χ1v) is 10.2. The summed E-state index contributed by atoms with van der Waals surface area (Å²) in [4.78, 5) is 23.4. The monoisotopic (exact) mass is 416 g/mol. The van der Waals surface area contributed by atoms with Gasteiger partial charge in [-0.25, -0.2) is 8.42 Å². The van der Waals surface area contributed by atoms with Gasteiger partial charge in [0.1, 0.15) is 25.0 Å². The number of benzene rings is 2. The lowest BCUT2D eigenvalue weighted by Crippen LogP contribution is -2.31. The molecule has 0 bridgehead atoms. The fourth-order valence-corrected chi connectivity index (χ4v) is 3.57. The van der Waals surface area contributed by atoms with Crippen molar-refractivity contribution in [1.82, 2.24) is 4.72 Å². The first kappa shape index (κ1) is 22.1. The third-order valence-electron chi connectivity index (χ3n) is 3.86. The van der Waals surface area contributed by atoms with Crippen LogP contribution in [0.3, 0.4) is 0 Å². The van der Waals surface area contributed by atoms with E-state index in [1.807, 2.05) is 0 Å². The van der Waals surface area contributed by atoms with Gasteiger partial charge in [0.2, 0.25) is 10.0 Å². The minimum atomic E-state index is -4.06. The summed E-state index contributed by atoms with van der Waals surface area (Å²) in [6.07, 6.45) is 0. The largest absolute Gasteiger partial charge is 0.493 e. The molecule has 0 saturated heterocycles. The van der Waals surface area contributed by atoms with Gasteiger partial charge in [-0.05, 0) is 44.2 Å². The molecule has 1 N–H and O–H groups in total. The lowest BCUT2D eigenvalue weighted by Gasteiger charge is -2.12. The van der Waals surface area contributed by atoms with Crippen LogP contribution < -0.4 is 9.46 Å². The summed E-state index contributed by atoms with van der Waals surface area (Å²) in [7, 11) is -4.06. The molecule has 0 atom stereocenters. The van der Waals surface area contributed by atoms with E-state index in [4.69, 9.17) is 14.7 Å². The smallest absolute Gasteiger partial charge is 0.321 e. The quantitative estimate of drug-likeness (QED) is 0.491. The zero-order chi connectivity index (χ0) is 21.4. The van der Waals surface area contributed by atoms with Gasteiger partial charge in [-0.3, -0.25) is 9.59 Å². The Morgan fingerprint density at radius 1 is 1.17 bits per heavy atom. The summed E-state index contributed by atoms with van der Waals surface area (Å²) in [5.74, 6) is -0.503. The van der Waals surface area contributed by atoms with Crippen molar-refractivity contribution < 1.29 is 27.5 Å². The van der Waals surface area contributed by atoms with E-state index in [1.165, 1.54) is 31.2 Å². The Kier molecular flexibility index (Phi) is 7.47. The second-order valence-electron chi connectivity index (χ2n) is 5.90. The number of hydrogen-bond acceptors (Lipinski definition) is 7. The molecule has 0 unspecified atom stereocenters. The molecule has 0 aliphatic rings. The van der Waals surface area contributed by atoms with Gasteiger partial charge >= 0.3 is 5.97 Å². The predicted molar refractivity (Wildman–Crippen MR) is 104 cm³/mol. The van der Waals surface area contributed by atoms with Crippen LogP contribution >= 0.6 is 0 Å². The Morgan fingerprint density at radius 3 is 2.55 bits per heavy atom. The minimum Gasteiger partial charge on any atom is -0.493 e. The fourth-order valence-electron chi connectivity index (χ4n) is 2.44. The zero-order valence-electron chi connectivity index (χ0n) is 16.0. The van der Waals surface area contributed by atoms with Crippen molar-refractivity contribution in [2.24, 2.45) is 0 Å². The third-order valence-corrected chi connectivity index (χ3v) is 5.32. The van der Waals surface area contributed by atoms with Crippen LogP contribution in [0.2, 0.25) is 0 Å². The number of esters is 1. The Hall–Kier alpha value is -3.22. The molecule has 0 amide bonds. The molecule has 0 radical (unpaired) electrons. The third kappa shape index (κ3) is 5.88. The number of ether oxygens (including phenoxy) is 2. The summed E-state index contributed by atoms with van der Waals surface area (Å²) in [6.45, 7) is 2.80. The molecule has 29 heavy (non-hydrogen) atoms. The van der Waals surface area contributed by atoms with E-state index in [9.17, 15) is 18.0 Å². The zero-order valence-corrected chi connectivity index (χ0v) is 16.8. The molecule has 2 aromatic rings. The van der Waals surface area contributed by atoms with Gasteiger partial charge in [-0.1, -0.05) is 12.1 Å². The summed E-state index contributed by atoms with van der Waals surface area (Å²) in [6, 6.07) is 12.2. The van der Waals surface area contributed by atoms with E-state index in [1.54, 1.807) is 31.2 Å².